The van der Waals surface area contributed by atoms with Crippen LogP contribution in [0.25, 0.3) is 0 Å². The zero-order chi connectivity index (χ0) is 17.6. The van der Waals surface area contributed by atoms with E-state index in [1.807, 2.05) is 0 Å². The molecule has 0 aromatic heterocycles. The lowest BCUT2D eigenvalue weighted by Crippen LogP contribution is -2.36. The molecule has 1 saturated carbocycles. The molecule has 1 aliphatic heterocycles. The molecule has 1 saturated heterocycles. The van der Waals surface area contributed by atoms with Crippen molar-refractivity contribution in [3.63, 3.8) is 0 Å². The molecular formula is C21H32N2O2. The fourth-order valence-corrected chi connectivity index (χ4v) is 4.16. The molecule has 1 aromatic rings. The van der Waals surface area contributed by atoms with Crippen LogP contribution < -0.4 is 10.2 Å². The molecule has 4 nitrogen and oxygen atoms in total. The number of hydrogen-bond donors (Lipinski definition) is 1. The summed E-state index contributed by atoms with van der Waals surface area (Å²) in [4.78, 5) is 14.9. The van der Waals surface area contributed by atoms with Crippen molar-refractivity contribution in [2.24, 2.45) is 5.92 Å². The first kappa shape index (κ1) is 18.2. The van der Waals surface area contributed by atoms with Crippen molar-refractivity contribution in [1.82, 2.24) is 0 Å². The summed E-state index contributed by atoms with van der Waals surface area (Å²) in [7, 11) is 0. The van der Waals surface area contributed by atoms with Gasteiger partial charge in [-0.15, -0.1) is 0 Å². The SMILES string of the molecule is Cc1cc(N2CCOCC2)cc(C)c1NC(=O)CC1CCCCCC1. The van der Waals surface area contributed by atoms with E-state index in [0.717, 1.165) is 43.1 Å². The second-order valence-electron chi connectivity index (χ2n) is 7.66. The van der Waals surface area contributed by atoms with Gasteiger partial charge in [0.2, 0.25) is 5.91 Å². The summed E-state index contributed by atoms with van der Waals surface area (Å²) in [6, 6.07) is 4.39. The Bertz CT molecular complexity index is 563. The third kappa shape index (κ3) is 4.97. The predicted molar refractivity (Wildman–Crippen MR) is 103 cm³/mol. The maximum Gasteiger partial charge on any atom is 0.224 e. The van der Waals surface area contributed by atoms with Crippen LogP contribution in [0.5, 0.6) is 0 Å². The van der Waals surface area contributed by atoms with Gasteiger partial charge in [-0.25, -0.2) is 0 Å². The Balaban J connectivity index is 1.64. The quantitative estimate of drug-likeness (QED) is 0.821. The third-order valence-electron chi connectivity index (χ3n) is 5.61. The van der Waals surface area contributed by atoms with E-state index < -0.39 is 0 Å². The van der Waals surface area contributed by atoms with Crippen LogP contribution in [0.3, 0.4) is 0 Å². The van der Waals surface area contributed by atoms with Gasteiger partial charge in [0, 0.05) is 30.9 Å². The van der Waals surface area contributed by atoms with E-state index in [1.54, 1.807) is 0 Å². The van der Waals surface area contributed by atoms with Crippen molar-refractivity contribution in [2.75, 3.05) is 36.5 Å². The lowest BCUT2D eigenvalue weighted by atomic mass is 9.96. The highest BCUT2D eigenvalue weighted by Gasteiger charge is 2.18. The van der Waals surface area contributed by atoms with Crippen LogP contribution in [0.2, 0.25) is 0 Å². The molecule has 0 atom stereocenters. The standard InChI is InChI=1S/C21H32N2O2/c1-16-13-19(23-9-11-25-12-10-23)14-17(2)21(16)22-20(24)15-18-7-5-3-4-6-8-18/h13-14,18H,3-12,15H2,1-2H3,(H,22,24). The molecule has 4 heteroatoms. The van der Waals surface area contributed by atoms with E-state index in [1.165, 1.54) is 44.2 Å². The van der Waals surface area contributed by atoms with Gasteiger partial charge in [-0.05, 0) is 55.9 Å². The van der Waals surface area contributed by atoms with Gasteiger partial charge >= 0.3 is 0 Å². The Morgan fingerprint density at radius 2 is 1.68 bits per heavy atom. The maximum atomic E-state index is 12.5. The van der Waals surface area contributed by atoms with Crippen LogP contribution in [-0.2, 0) is 9.53 Å². The lowest BCUT2D eigenvalue weighted by Gasteiger charge is -2.30. The summed E-state index contributed by atoms with van der Waals surface area (Å²) >= 11 is 0. The van der Waals surface area contributed by atoms with E-state index in [9.17, 15) is 4.79 Å². The minimum absolute atomic E-state index is 0.178. The number of hydrogen-bond acceptors (Lipinski definition) is 3. The number of carbonyl (C=O) groups excluding carboxylic acids is 1. The van der Waals surface area contributed by atoms with Crippen molar-refractivity contribution in [1.29, 1.82) is 0 Å². The number of carbonyl (C=O) groups is 1. The Hall–Kier alpha value is -1.55. The highest BCUT2D eigenvalue weighted by molar-refractivity contribution is 5.93. The van der Waals surface area contributed by atoms with Crippen molar-refractivity contribution in [2.45, 2.75) is 58.8 Å². The van der Waals surface area contributed by atoms with Crippen LogP contribution in [0.15, 0.2) is 12.1 Å². The molecule has 0 radical (unpaired) electrons. The Kier molecular flexibility index (Phi) is 6.35. The minimum Gasteiger partial charge on any atom is -0.378 e. The topological polar surface area (TPSA) is 41.6 Å². The van der Waals surface area contributed by atoms with E-state index >= 15 is 0 Å². The molecule has 0 bridgehead atoms. The monoisotopic (exact) mass is 344 g/mol. The number of aryl methyl sites for hydroxylation is 2. The molecular weight excluding hydrogens is 312 g/mol. The van der Waals surface area contributed by atoms with Gasteiger partial charge < -0.3 is 15.0 Å². The van der Waals surface area contributed by atoms with Gasteiger partial charge in [0.1, 0.15) is 0 Å². The highest BCUT2D eigenvalue weighted by Crippen LogP contribution is 2.29. The summed E-state index contributed by atoms with van der Waals surface area (Å²) < 4.78 is 5.44. The number of morpholine rings is 1. The summed E-state index contributed by atoms with van der Waals surface area (Å²) in [6.45, 7) is 7.64. The highest BCUT2D eigenvalue weighted by atomic mass is 16.5. The summed E-state index contributed by atoms with van der Waals surface area (Å²) in [5.41, 5.74) is 4.53. The van der Waals surface area contributed by atoms with E-state index in [2.05, 4.69) is 36.2 Å². The minimum atomic E-state index is 0.178. The number of rotatable bonds is 4. The fraction of sp³-hybridized carbons (Fsp3) is 0.667. The van der Waals surface area contributed by atoms with Crippen LogP contribution in [0, 0.1) is 19.8 Å². The van der Waals surface area contributed by atoms with Crippen molar-refractivity contribution in [3.8, 4) is 0 Å². The first-order valence-electron chi connectivity index (χ1n) is 9.87. The summed E-state index contributed by atoms with van der Waals surface area (Å²) in [6.07, 6.45) is 8.32. The average molecular weight is 344 g/mol. The number of nitrogens with zero attached hydrogens (tertiary/aromatic N) is 1. The second-order valence-corrected chi connectivity index (χ2v) is 7.66. The zero-order valence-electron chi connectivity index (χ0n) is 15.8. The lowest BCUT2D eigenvalue weighted by molar-refractivity contribution is -0.117. The van der Waals surface area contributed by atoms with Crippen LogP contribution in [-0.4, -0.2) is 32.2 Å². The first-order chi connectivity index (χ1) is 12.1. The van der Waals surface area contributed by atoms with Gasteiger partial charge in [-0.2, -0.15) is 0 Å². The number of nitrogens with one attached hydrogen (secondary N) is 1. The normalized spacial score (nSPS) is 19.5. The second kappa shape index (κ2) is 8.70. The van der Waals surface area contributed by atoms with E-state index in [-0.39, 0.29) is 5.91 Å². The Morgan fingerprint density at radius 3 is 2.28 bits per heavy atom. The molecule has 0 unspecified atom stereocenters. The zero-order valence-corrected chi connectivity index (χ0v) is 15.8. The maximum absolute atomic E-state index is 12.5. The van der Waals surface area contributed by atoms with Gasteiger partial charge in [0.05, 0.1) is 13.2 Å². The number of ether oxygens (including phenoxy) is 1. The van der Waals surface area contributed by atoms with Crippen LogP contribution in [0.1, 0.15) is 56.1 Å². The molecule has 1 aliphatic carbocycles. The fourth-order valence-electron chi connectivity index (χ4n) is 4.16. The summed E-state index contributed by atoms with van der Waals surface area (Å²) in [5, 5.41) is 3.19. The number of anilines is 2. The van der Waals surface area contributed by atoms with Gasteiger partial charge in [-0.3, -0.25) is 4.79 Å². The largest absolute Gasteiger partial charge is 0.378 e. The summed E-state index contributed by atoms with van der Waals surface area (Å²) in [5.74, 6) is 0.743. The van der Waals surface area contributed by atoms with Crippen molar-refractivity contribution >= 4 is 17.3 Å². The molecule has 0 spiro atoms. The Morgan fingerprint density at radius 1 is 1.08 bits per heavy atom. The predicted octanol–water partition coefficient (Wildman–Crippen LogP) is 4.44. The van der Waals surface area contributed by atoms with Crippen LogP contribution >= 0.6 is 0 Å². The smallest absolute Gasteiger partial charge is 0.224 e. The van der Waals surface area contributed by atoms with Gasteiger partial charge in [0.15, 0.2) is 0 Å². The van der Waals surface area contributed by atoms with E-state index in [4.69, 9.17) is 4.74 Å². The van der Waals surface area contributed by atoms with Gasteiger partial charge in [-0.1, -0.05) is 25.7 Å². The number of benzene rings is 1. The molecule has 1 aromatic carbocycles. The van der Waals surface area contributed by atoms with Gasteiger partial charge in [0.25, 0.3) is 0 Å². The first-order valence-corrected chi connectivity index (χ1v) is 9.87. The van der Waals surface area contributed by atoms with E-state index in [0.29, 0.717) is 12.3 Å². The number of amides is 1. The average Bonchev–Trinajstić information content (AvgIpc) is 2.87. The van der Waals surface area contributed by atoms with Crippen molar-refractivity contribution < 1.29 is 9.53 Å². The molecule has 1 heterocycles. The molecule has 138 valence electrons. The molecule has 1 amide bonds. The molecule has 1 N–H and O–H groups in total. The molecule has 3 rings (SSSR count). The molecule has 2 fully saturated rings. The molecule has 25 heavy (non-hydrogen) atoms. The third-order valence-corrected chi connectivity index (χ3v) is 5.61. The molecule has 2 aliphatic rings. The van der Waals surface area contributed by atoms with Crippen LogP contribution in [0.4, 0.5) is 11.4 Å². The Labute approximate surface area is 151 Å². The van der Waals surface area contributed by atoms with Crippen molar-refractivity contribution in [3.05, 3.63) is 23.3 Å².